The summed E-state index contributed by atoms with van der Waals surface area (Å²) >= 11 is 18.1. The highest BCUT2D eigenvalue weighted by molar-refractivity contribution is 6.33. The average molecular weight is 620 g/mol. The molecule has 210 valence electrons. The topological polar surface area (TPSA) is 86.2 Å². The highest BCUT2D eigenvalue weighted by atomic mass is 35.5. The summed E-state index contributed by atoms with van der Waals surface area (Å²) in [5, 5.41) is 7.03. The van der Waals surface area contributed by atoms with E-state index in [0.717, 1.165) is 10.8 Å². The van der Waals surface area contributed by atoms with E-state index >= 15 is 0 Å². The van der Waals surface area contributed by atoms with E-state index in [1.54, 1.807) is 78.9 Å². The molecule has 0 radical (unpaired) electrons. The number of hydrogen-bond donors (Lipinski definition) is 1. The maximum atomic E-state index is 13.2. The van der Waals surface area contributed by atoms with Crippen LogP contribution < -0.4 is 19.6 Å². The van der Waals surface area contributed by atoms with Gasteiger partial charge in [0.2, 0.25) is 0 Å². The fraction of sp³-hybridized carbons (Fsp3) is 0.0312. The zero-order valence-electron chi connectivity index (χ0n) is 21.7. The summed E-state index contributed by atoms with van der Waals surface area (Å²) in [7, 11) is 0. The highest BCUT2D eigenvalue weighted by Gasteiger charge is 2.23. The summed E-state index contributed by atoms with van der Waals surface area (Å²) in [6, 6.07) is 30.4. The lowest BCUT2D eigenvalue weighted by Crippen LogP contribution is -2.40. The first-order valence-electron chi connectivity index (χ1n) is 12.5. The molecule has 0 aliphatic carbocycles. The monoisotopic (exact) mass is 618 g/mol. The third kappa shape index (κ3) is 7.19. The molecule has 1 N–H and O–H groups in total. The van der Waals surface area contributed by atoms with Crippen LogP contribution in [0.15, 0.2) is 114 Å². The number of nitrogens with one attached hydrogen (secondary N) is 1. The van der Waals surface area contributed by atoms with Crippen LogP contribution >= 0.6 is 34.8 Å². The van der Waals surface area contributed by atoms with Gasteiger partial charge in [0, 0.05) is 15.6 Å². The SMILES string of the molecule is O=C(Oc1ccc2ccccc2c1/C=N\NC(=O)C(Oc1ccc(Cl)cc1)Oc1ccc(Cl)cc1)c1ccccc1Cl. The molecule has 0 aromatic heterocycles. The zero-order valence-corrected chi connectivity index (χ0v) is 23.9. The van der Waals surface area contributed by atoms with Gasteiger partial charge in [-0.1, -0.05) is 77.3 Å². The lowest BCUT2D eigenvalue weighted by Gasteiger charge is -2.19. The van der Waals surface area contributed by atoms with E-state index in [1.165, 1.54) is 6.21 Å². The molecule has 42 heavy (non-hydrogen) atoms. The number of halogens is 3. The third-order valence-corrected chi connectivity index (χ3v) is 6.76. The van der Waals surface area contributed by atoms with Gasteiger partial charge in [-0.25, -0.2) is 10.2 Å². The Morgan fingerprint density at radius 2 is 1.31 bits per heavy atom. The number of rotatable bonds is 9. The van der Waals surface area contributed by atoms with Gasteiger partial charge in [-0.3, -0.25) is 4.79 Å². The number of amides is 1. The van der Waals surface area contributed by atoms with Crippen LogP contribution in [-0.4, -0.2) is 24.4 Å². The Morgan fingerprint density at radius 1 is 0.714 bits per heavy atom. The predicted molar refractivity (Wildman–Crippen MR) is 164 cm³/mol. The third-order valence-electron chi connectivity index (χ3n) is 5.92. The number of nitrogens with zero attached hydrogens (tertiary/aromatic N) is 1. The van der Waals surface area contributed by atoms with E-state index < -0.39 is 18.2 Å². The number of benzene rings is 5. The van der Waals surface area contributed by atoms with Crippen molar-refractivity contribution in [3.05, 3.63) is 135 Å². The Bertz CT molecular complexity index is 1710. The molecular weight excluding hydrogens is 599 g/mol. The molecule has 0 atom stereocenters. The molecule has 1 amide bonds. The van der Waals surface area contributed by atoms with E-state index in [1.807, 2.05) is 30.3 Å². The predicted octanol–water partition coefficient (Wildman–Crippen LogP) is 7.95. The summed E-state index contributed by atoms with van der Waals surface area (Å²) in [5.41, 5.74) is 3.12. The molecule has 7 nitrogen and oxygen atoms in total. The first-order valence-corrected chi connectivity index (χ1v) is 13.7. The van der Waals surface area contributed by atoms with Gasteiger partial charge >= 0.3 is 18.2 Å². The molecule has 5 aromatic carbocycles. The second kappa shape index (κ2) is 13.4. The smallest absolute Gasteiger partial charge is 0.345 e. The Morgan fingerprint density at radius 3 is 1.95 bits per heavy atom. The molecule has 0 saturated heterocycles. The molecular formula is C32H21Cl3N2O5. The van der Waals surface area contributed by atoms with Crippen molar-refractivity contribution >= 4 is 63.7 Å². The normalized spacial score (nSPS) is 11.0. The van der Waals surface area contributed by atoms with Gasteiger partial charge in [0.05, 0.1) is 16.8 Å². The number of hydrazone groups is 1. The Labute approximate surface area is 256 Å². The number of carbonyl (C=O) groups is 2. The van der Waals surface area contributed by atoms with Crippen molar-refractivity contribution in [1.82, 2.24) is 5.43 Å². The molecule has 0 spiro atoms. The Kier molecular flexibility index (Phi) is 9.24. The molecule has 0 unspecified atom stereocenters. The molecule has 5 rings (SSSR count). The van der Waals surface area contributed by atoms with Crippen LogP contribution in [0.1, 0.15) is 15.9 Å². The van der Waals surface area contributed by atoms with Crippen LogP contribution in [0.25, 0.3) is 10.8 Å². The van der Waals surface area contributed by atoms with Crippen LogP contribution in [0, 0.1) is 0 Å². The summed E-state index contributed by atoms with van der Waals surface area (Å²) in [5.74, 6) is -0.419. The number of ether oxygens (including phenoxy) is 3. The molecule has 0 bridgehead atoms. The fourth-order valence-electron chi connectivity index (χ4n) is 3.90. The Hall–Kier alpha value is -4.56. The van der Waals surface area contributed by atoms with Crippen LogP contribution in [0.3, 0.4) is 0 Å². The van der Waals surface area contributed by atoms with Gasteiger partial charge in [0.25, 0.3) is 0 Å². The summed E-state index contributed by atoms with van der Waals surface area (Å²) < 4.78 is 17.3. The maximum absolute atomic E-state index is 13.2. The maximum Gasteiger partial charge on any atom is 0.345 e. The van der Waals surface area contributed by atoms with Gasteiger partial charge in [-0.05, 0) is 77.5 Å². The average Bonchev–Trinajstić information content (AvgIpc) is 3.00. The van der Waals surface area contributed by atoms with Crippen molar-refractivity contribution < 1.29 is 23.8 Å². The Balaban J connectivity index is 1.40. The van der Waals surface area contributed by atoms with Crippen molar-refractivity contribution in [2.45, 2.75) is 6.29 Å². The molecule has 0 heterocycles. The second-order valence-electron chi connectivity index (χ2n) is 8.78. The summed E-state index contributed by atoms with van der Waals surface area (Å²) in [6.45, 7) is 0. The fourth-order valence-corrected chi connectivity index (χ4v) is 4.36. The largest absolute Gasteiger partial charge is 0.446 e. The highest BCUT2D eigenvalue weighted by Crippen LogP contribution is 2.28. The van der Waals surface area contributed by atoms with Crippen molar-refractivity contribution in [3.8, 4) is 17.2 Å². The first kappa shape index (κ1) is 29.0. The molecule has 0 saturated carbocycles. The van der Waals surface area contributed by atoms with Gasteiger partial charge < -0.3 is 14.2 Å². The molecule has 0 aliphatic rings. The molecule has 0 aliphatic heterocycles. The number of hydrogen-bond acceptors (Lipinski definition) is 6. The van der Waals surface area contributed by atoms with Crippen LogP contribution in [-0.2, 0) is 4.79 Å². The first-order chi connectivity index (χ1) is 20.4. The van der Waals surface area contributed by atoms with Gasteiger partial charge in [0.15, 0.2) is 0 Å². The van der Waals surface area contributed by atoms with E-state index in [4.69, 9.17) is 49.0 Å². The van der Waals surface area contributed by atoms with Gasteiger partial charge in [0.1, 0.15) is 17.2 Å². The molecule has 10 heteroatoms. The molecule has 5 aromatic rings. The van der Waals surface area contributed by atoms with Crippen molar-refractivity contribution in [2.24, 2.45) is 5.10 Å². The number of esters is 1. The lowest BCUT2D eigenvalue weighted by atomic mass is 10.0. The zero-order chi connectivity index (χ0) is 29.5. The van der Waals surface area contributed by atoms with Crippen LogP contribution in [0.4, 0.5) is 0 Å². The van der Waals surface area contributed by atoms with E-state index in [0.29, 0.717) is 27.1 Å². The minimum Gasteiger partial charge on any atom is -0.446 e. The van der Waals surface area contributed by atoms with Gasteiger partial charge in [-0.2, -0.15) is 5.10 Å². The van der Waals surface area contributed by atoms with Crippen molar-refractivity contribution in [1.29, 1.82) is 0 Å². The minimum absolute atomic E-state index is 0.213. The van der Waals surface area contributed by atoms with Gasteiger partial charge in [-0.15, -0.1) is 0 Å². The van der Waals surface area contributed by atoms with E-state index in [2.05, 4.69) is 10.5 Å². The van der Waals surface area contributed by atoms with Crippen molar-refractivity contribution in [3.63, 3.8) is 0 Å². The van der Waals surface area contributed by atoms with E-state index in [-0.39, 0.29) is 16.3 Å². The standard InChI is InChI=1S/C32H21Cl3N2O5/c33-21-10-14-23(15-11-21)40-32(41-24-16-12-22(34)13-17-24)30(38)37-36-19-27-25-6-2-1-5-20(25)9-18-29(27)42-31(39)26-7-3-4-8-28(26)35/h1-19,32H,(H,37,38)/b36-19-. The second-order valence-corrected chi connectivity index (χ2v) is 10.1. The quantitative estimate of drug-likeness (QED) is 0.0595. The number of fused-ring (bicyclic) bond motifs is 1. The van der Waals surface area contributed by atoms with Crippen LogP contribution in [0.5, 0.6) is 17.2 Å². The van der Waals surface area contributed by atoms with Crippen molar-refractivity contribution in [2.75, 3.05) is 0 Å². The molecule has 0 fully saturated rings. The van der Waals surface area contributed by atoms with Crippen LogP contribution in [0.2, 0.25) is 15.1 Å². The number of carbonyl (C=O) groups excluding carboxylic acids is 2. The lowest BCUT2D eigenvalue weighted by molar-refractivity contribution is -0.140. The van der Waals surface area contributed by atoms with E-state index in [9.17, 15) is 9.59 Å². The summed E-state index contributed by atoms with van der Waals surface area (Å²) in [4.78, 5) is 26.1. The minimum atomic E-state index is -1.42. The summed E-state index contributed by atoms with van der Waals surface area (Å²) in [6.07, 6.45) is -0.0357.